The summed E-state index contributed by atoms with van der Waals surface area (Å²) in [5.41, 5.74) is 0.424. The molecule has 10 heteroatoms. The van der Waals surface area contributed by atoms with E-state index in [9.17, 15) is 27.5 Å². The average Bonchev–Trinajstić information content (AvgIpc) is 3.19. The highest BCUT2D eigenvalue weighted by atomic mass is 35.5. The minimum absolute atomic E-state index is 0.0283. The van der Waals surface area contributed by atoms with Crippen molar-refractivity contribution in [3.05, 3.63) is 82.3 Å². The van der Waals surface area contributed by atoms with Gasteiger partial charge in [0.1, 0.15) is 18.2 Å². The molecule has 0 radical (unpaired) electrons. The number of amides is 1. The SMILES string of the molecule is O=C(/C=C/c1ccc(C(F)(F)F)cc1)NC1CC=C(NC(O)COc2ccc(Cl)c(F)c2)C1. The molecule has 0 bridgehead atoms. The third kappa shape index (κ3) is 7.50. The first-order chi connectivity index (χ1) is 15.6. The van der Waals surface area contributed by atoms with Gasteiger partial charge in [0.2, 0.25) is 5.91 Å². The number of hydrogen-bond donors (Lipinski definition) is 3. The van der Waals surface area contributed by atoms with Crippen LogP contribution in [0.3, 0.4) is 0 Å². The lowest BCUT2D eigenvalue weighted by atomic mass is 10.1. The summed E-state index contributed by atoms with van der Waals surface area (Å²) < 4.78 is 56.5. The number of alkyl halides is 3. The number of carbonyl (C=O) groups is 1. The van der Waals surface area contributed by atoms with Crippen molar-refractivity contribution in [3.63, 3.8) is 0 Å². The molecule has 2 unspecified atom stereocenters. The van der Waals surface area contributed by atoms with Crippen LogP contribution in [-0.4, -0.2) is 29.9 Å². The molecule has 3 rings (SSSR count). The Bertz CT molecular complexity index is 1040. The minimum atomic E-state index is -4.41. The normalized spacial score (nSPS) is 17.0. The molecule has 2 atom stereocenters. The number of rotatable bonds is 8. The maximum absolute atomic E-state index is 13.4. The van der Waals surface area contributed by atoms with Crippen LogP contribution in [-0.2, 0) is 11.0 Å². The van der Waals surface area contributed by atoms with Gasteiger partial charge in [0.05, 0.1) is 10.6 Å². The number of ether oxygens (including phenoxy) is 1. The quantitative estimate of drug-likeness (QED) is 0.289. The van der Waals surface area contributed by atoms with Crippen molar-refractivity contribution in [1.82, 2.24) is 10.6 Å². The van der Waals surface area contributed by atoms with Gasteiger partial charge in [-0.3, -0.25) is 4.79 Å². The zero-order chi connectivity index (χ0) is 24.0. The third-order valence-electron chi connectivity index (χ3n) is 4.78. The number of hydrogen-bond acceptors (Lipinski definition) is 4. The van der Waals surface area contributed by atoms with Gasteiger partial charge in [-0.05, 0) is 42.3 Å². The van der Waals surface area contributed by atoms with Crippen LogP contribution in [0.5, 0.6) is 5.75 Å². The van der Waals surface area contributed by atoms with E-state index < -0.39 is 23.8 Å². The largest absolute Gasteiger partial charge is 0.489 e. The highest BCUT2D eigenvalue weighted by Gasteiger charge is 2.29. The molecule has 5 nitrogen and oxygen atoms in total. The molecule has 0 saturated heterocycles. The van der Waals surface area contributed by atoms with E-state index >= 15 is 0 Å². The number of aliphatic hydroxyl groups excluding tert-OH is 1. The van der Waals surface area contributed by atoms with Crippen LogP contribution < -0.4 is 15.4 Å². The lowest BCUT2D eigenvalue weighted by molar-refractivity contribution is -0.137. The Morgan fingerprint density at radius 3 is 2.64 bits per heavy atom. The molecule has 2 aromatic rings. The molecule has 1 amide bonds. The molecule has 1 aliphatic rings. The molecule has 0 heterocycles. The molecule has 2 aromatic carbocycles. The summed E-state index contributed by atoms with van der Waals surface area (Å²) in [6.07, 6.45) is 0.0398. The van der Waals surface area contributed by atoms with E-state index in [-0.39, 0.29) is 29.3 Å². The van der Waals surface area contributed by atoms with Crippen LogP contribution in [0.25, 0.3) is 6.08 Å². The molecular weight excluding hydrogens is 464 g/mol. The highest BCUT2D eigenvalue weighted by Crippen LogP contribution is 2.29. The van der Waals surface area contributed by atoms with Gasteiger partial charge < -0.3 is 20.5 Å². The lowest BCUT2D eigenvalue weighted by Crippen LogP contribution is -2.36. The fraction of sp³-hybridized carbons (Fsp3) is 0.261. The van der Waals surface area contributed by atoms with E-state index in [1.807, 2.05) is 6.08 Å². The Morgan fingerprint density at radius 2 is 1.97 bits per heavy atom. The second-order valence-electron chi connectivity index (χ2n) is 7.37. The first-order valence-electron chi connectivity index (χ1n) is 9.97. The first kappa shape index (κ1) is 24.6. The van der Waals surface area contributed by atoms with Gasteiger partial charge in [0, 0.05) is 30.3 Å². The van der Waals surface area contributed by atoms with Crippen molar-refractivity contribution in [1.29, 1.82) is 0 Å². The molecule has 176 valence electrons. The summed E-state index contributed by atoms with van der Waals surface area (Å²) in [4.78, 5) is 12.1. The maximum atomic E-state index is 13.4. The molecule has 0 aliphatic heterocycles. The van der Waals surface area contributed by atoms with E-state index in [1.165, 1.54) is 36.4 Å². The number of benzene rings is 2. The number of aliphatic hydroxyl groups is 1. The van der Waals surface area contributed by atoms with Gasteiger partial charge in [-0.2, -0.15) is 13.2 Å². The minimum Gasteiger partial charge on any atom is -0.489 e. The number of halogens is 5. The summed E-state index contributed by atoms with van der Waals surface area (Å²) in [6.45, 7) is -0.134. The molecule has 0 fully saturated rings. The van der Waals surface area contributed by atoms with E-state index in [0.717, 1.165) is 18.2 Å². The fourth-order valence-electron chi connectivity index (χ4n) is 3.15. The van der Waals surface area contributed by atoms with Gasteiger partial charge >= 0.3 is 6.18 Å². The Labute approximate surface area is 192 Å². The summed E-state index contributed by atoms with van der Waals surface area (Å²) >= 11 is 5.61. The fourth-order valence-corrected chi connectivity index (χ4v) is 3.26. The van der Waals surface area contributed by atoms with Crippen LogP contribution in [0.4, 0.5) is 17.6 Å². The van der Waals surface area contributed by atoms with Crippen molar-refractivity contribution in [2.24, 2.45) is 0 Å². The van der Waals surface area contributed by atoms with Crippen molar-refractivity contribution in [3.8, 4) is 5.75 Å². The smallest absolute Gasteiger partial charge is 0.416 e. The zero-order valence-corrected chi connectivity index (χ0v) is 18.0. The maximum Gasteiger partial charge on any atom is 0.416 e. The van der Waals surface area contributed by atoms with Crippen LogP contribution in [0.1, 0.15) is 24.0 Å². The summed E-state index contributed by atoms with van der Waals surface area (Å²) in [7, 11) is 0. The summed E-state index contributed by atoms with van der Waals surface area (Å²) in [5, 5.41) is 15.7. The molecule has 3 N–H and O–H groups in total. The second-order valence-corrected chi connectivity index (χ2v) is 7.78. The monoisotopic (exact) mass is 484 g/mol. The molecule has 33 heavy (non-hydrogen) atoms. The topological polar surface area (TPSA) is 70.6 Å². The van der Waals surface area contributed by atoms with Crippen LogP contribution in [0.15, 0.2) is 60.3 Å². The number of carbonyl (C=O) groups excluding carboxylic acids is 1. The van der Waals surface area contributed by atoms with Crippen LogP contribution in [0.2, 0.25) is 5.02 Å². The van der Waals surface area contributed by atoms with E-state index in [4.69, 9.17) is 16.3 Å². The van der Waals surface area contributed by atoms with Crippen molar-refractivity contribution >= 4 is 23.6 Å². The van der Waals surface area contributed by atoms with Crippen molar-refractivity contribution in [2.75, 3.05) is 6.61 Å². The Balaban J connectivity index is 1.40. The summed E-state index contributed by atoms with van der Waals surface area (Å²) in [5.74, 6) is -0.785. The van der Waals surface area contributed by atoms with E-state index in [1.54, 1.807) is 0 Å². The van der Waals surface area contributed by atoms with Crippen molar-refractivity contribution in [2.45, 2.75) is 31.3 Å². The Kier molecular flexibility index (Phi) is 7.99. The van der Waals surface area contributed by atoms with Crippen molar-refractivity contribution < 1.29 is 32.2 Å². The van der Waals surface area contributed by atoms with Gasteiger partial charge in [-0.1, -0.05) is 29.8 Å². The highest BCUT2D eigenvalue weighted by molar-refractivity contribution is 6.30. The third-order valence-corrected chi connectivity index (χ3v) is 5.08. The van der Waals surface area contributed by atoms with Crippen LogP contribution in [0, 0.1) is 5.82 Å². The standard InChI is InChI=1S/C23H21ClF4N2O3/c24-19-9-8-18(12-20(19)25)33-13-22(32)30-17-7-6-16(11-17)29-21(31)10-3-14-1-4-15(5-2-14)23(26,27)28/h1-5,7-10,12,16,22,30,32H,6,11,13H2,(H,29,31)/b10-3+. The predicted octanol–water partition coefficient (Wildman–Crippen LogP) is 4.66. The molecule has 0 spiro atoms. The lowest BCUT2D eigenvalue weighted by Gasteiger charge is -2.17. The summed E-state index contributed by atoms with van der Waals surface area (Å²) in [6, 6.07) is 8.23. The molecule has 0 saturated carbocycles. The van der Waals surface area contributed by atoms with Gasteiger partial charge in [0.25, 0.3) is 0 Å². The Hall–Kier alpha value is -3.04. The second kappa shape index (κ2) is 10.7. The molecular formula is C23H21ClF4N2O3. The van der Waals surface area contributed by atoms with E-state index in [2.05, 4.69) is 10.6 Å². The number of nitrogens with one attached hydrogen (secondary N) is 2. The van der Waals surface area contributed by atoms with E-state index in [0.29, 0.717) is 24.1 Å². The molecule has 1 aliphatic carbocycles. The van der Waals surface area contributed by atoms with Gasteiger partial charge in [0.15, 0.2) is 6.23 Å². The Morgan fingerprint density at radius 1 is 1.24 bits per heavy atom. The molecule has 0 aromatic heterocycles. The average molecular weight is 485 g/mol. The van der Waals surface area contributed by atoms with Gasteiger partial charge in [-0.25, -0.2) is 4.39 Å². The van der Waals surface area contributed by atoms with Crippen LogP contribution >= 0.6 is 11.6 Å². The first-order valence-corrected chi connectivity index (χ1v) is 10.4. The van der Waals surface area contributed by atoms with Gasteiger partial charge in [-0.15, -0.1) is 0 Å². The predicted molar refractivity (Wildman–Crippen MR) is 116 cm³/mol. The zero-order valence-electron chi connectivity index (χ0n) is 17.2.